The van der Waals surface area contributed by atoms with E-state index in [4.69, 9.17) is 0 Å². The highest BCUT2D eigenvalue weighted by Gasteiger charge is 2.34. The molecule has 0 fully saturated rings. The van der Waals surface area contributed by atoms with Crippen molar-refractivity contribution in [2.45, 2.75) is 25.3 Å². The third kappa shape index (κ3) is 2.83. The predicted octanol–water partition coefficient (Wildman–Crippen LogP) is 2.02. The fraction of sp³-hybridized carbons (Fsp3) is 0.462. The molecule has 0 aliphatic carbocycles. The molecule has 16 heavy (non-hydrogen) atoms. The van der Waals surface area contributed by atoms with Gasteiger partial charge in [0.15, 0.2) is 0 Å². The maximum Gasteiger partial charge on any atom is 0.323 e. The van der Waals surface area contributed by atoms with Crippen LogP contribution >= 0.6 is 0 Å². The summed E-state index contributed by atoms with van der Waals surface area (Å²) in [5, 5.41) is 9.24. The van der Waals surface area contributed by atoms with Crippen LogP contribution in [-0.2, 0) is 11.2 Å². The molecule has 0 bridgehead atoms. The molecule has 1 rings (SSSR count). The van der Waals surface area contributed by atoms with Crippen LogP contribution in [-0.4, -0.2) is 35.6 Å². The molecule has 0 heterocycles. The summed E-state index contributed by atoms with van der Waals surface area (Å²) in [6, 6.07) is 9.97. The van der Waals surface area contributed by atoms with E-state index in [1.165, 1.54) is 5.56 Å². The first-order valence-corrected chi connectivity index (χ1v) is 5.41. The number of aliphatic carboxylic acids is 1. The lowest BCUT2D eigenvalue weighted by atomic mass is 9.92. The van der Waals surface area contributed by atoms with Crippen LogP contribution in [0, 0.1) is 0 Å². The van der Waals surface area contributed by atoms with Gasteiger partial charge in [0, 0.05) is 0 Å². The summed E-state index contributed by atoms with van der Waals surface area (Å²) < 4.78 is 0. The largest absolute Gasteiger partial charge is 0.480 e. The Kier molecular flexibility index (Phi) is 4.07. The van der Waals surface area contributed by atoms with E-state index in [-0.39, 0.29) is 0 Å². The van der Waals surface area contributed by atoms with Crippen molar-refractivity contribution in [1.82, 2.24) is 4.90 Å². The third-order valence-corrected chi connectivity index (χ3v) is 3.19. The van der Waals surface area contributed by atoms with Crippen LogP contribution in [0.3, 0.4) is 0 Å². The van der Waals surface area contributed by atoms with Crippen molar-refractivity contribution < 1.29 is 9.90 Å². The van der Waals surface area contributed by atoms with Crippen molar-refractivity contribution in [3.63, 3.8) is 0 Å². The molecule has 0 aromatic heterocycles. The van der Waals surface area contributed by atoms with Gasteiger partial charge in [-0.25, -0.2) is 0 Å². The number of nitrogens with zero attached hydrogens (tertiary/aromatic N) is 1. The number of carboxylic acids is 1. The zero-order valence-corrected chi connectivity index (χ0v) is 10.1. The van der Waals surface area contributed by atoms with Gasteiger partial charge in [0.1, 0.15) is 5.54 Å². The zero-order chi connectivity index (χ0) is 12.2. The highest BCUT2D eigenvalue weighted by Crippen LogP contribution is 2.19. The number of hydrogen-bond acceptors (Lipinski definition) is 2. The molecule has 0 aliphatic rings. The normalized spacial score (nSPS) is 14.8. The topological polar surface area (TPSA) is 40.5 Å². The average molecular weight is 221 g/mol. The lowest BCUT2D eigenvalue weighted by Crippen LogP contribution is -2.48. The second-order valence-electron chi connectivity index (χ2n) is 4.46. The van der Waals surface area contributed by atoms with Gasteiger partial charge in [-0.1, -0.05) is 30.3 Å². The predicted molar refractivity (Wildman–Crippen MR) is 64.5 cm³/mol. The lowest BCUT2D eigenvalue weighted by molar-refractivity contribution is -0.149. The molecular formula is C13H19NO2. The molecule has 0 spiro atoms. The first kappa shape index (κ1) is 12.7. The van der Waals surface area contributed by atoms with Gasteiger partial charge in [-0.15, -0.1) is 0 Å². The molecule has 0 saturated carbocycles. The van der Waals surface area contributed by atoms with Crippen LogP contribution in [0.4, 0.5) is 0 Å². The van der Waals surface area contributed by atoms with E-state index >= 15 is 0 Å². The number of aryl methyl sites for hydroxylation is 1. The summed E-state index contributed by atoms with van der Waals surface area (Å²) in [6.45, 7) is 1.76. The van der Waals surface area contributed by atoms with E-state index < -0.39 is 11.5 Å². The summed E-state index contributed by atoms with van der Waals surface area (Å²) in [5.41, 5.74) is 0.382. The summed E-state index contributed by atoms with van der Waals surface area (Å²) in [5.74, 6) is -0.770. The molecule has 88 valence electrons. The Hall–Kier alpha value is -1.35. The van der Waals surface area contributed by atoms with Crippen LogP contribution < -0.4 is 0 Å². The molecule has 3 heteroatoms. The molecule has 1 N–H and O–H groups in total. The summed E-state index contributed by atoms with van der Waals surface area (Å²) in [4.78, 5) is 13.0. The molecule has 1 aromatic carbocycles. The summed E-state index contributed by atoms with van der Waals surface area (Å²) in [7, 11) is 3.61. The minimum absolute atomic E-state index is 0.610. The smallest absolute Gasteiger partial charge is 0.323 e. The van der Waals surface area contributed by atoms with E-state index in [2.05, 4.69) is 0 Å². The van der Waals surface area contributed by atoms with Gasteiger partial charge in [-0.3, -0.25) is 9.69 Å². The van der Waals surface area contributed by atoms with Gasteiger partial charge in [0.2, 0.25) is 0 Å². The van der Waals surface area contributed by atoms with Crippen LogP contribution in [0.2, 0.25) is 0 Å². The first-order chi connectivity index (χ1) is 7.47. The van der Waals surface area contributed by atoms with Crippen molar-refractivity contribution >= 4 is 5.97 Å². The Balaban J connectivity index is 2.69. The second-order valence-corrected chi connectivity index (χ2v) is 4.46. The number of rotatable bonds is 5. The monoisotopic (exact) mass is 221 g/mol. The molecular weight excluding hydrogens is 202 g/mol. The van der Waals surface area contributed by atoms with Gasteiger partial charge in [0.25, 0.3) is 0 Å². The SMILES string of the molecule is CN(C)C(C)(CCc1ccccc1)C(=O)O. The average Bonchev–Trinajstić information content (AvgIpc) is 2.26. The summed E-state index contributed by atoms with van der Waals surface area (Å²) >= 11 is 0. The fourth-order valence-corrected chi connectivity index (χ4v) is 1.55. The van der Waals surface area contributed by atoms with Gasteiger partial charge in [0.05, 0.1) is 0 Å². The number of hydrogen-bond donors (Lipinski definition) is 1. The Morgan fingerprint density at radius 2 is 1.88 bits per heavy atom. The van der Waals surface area contributed by atoms with Crippen molar-refractivity contribution in [3.8, 4) is 0 Å². The quantitative estimate of drug-likeness (QED) is 0.827. The second kappa shape index (κ2) is 5.12. The minimum atomic E-state index is -0.796. The molecule has 0 amide bonds. The van der Waals surface area contributed by atoms with Crippen molar-refractivity contribution in [2.75, 3.05) is 14.1 Å². The van der Waals surface area contributed by atoms with E-state index in [9.17, 15) is 9.90 Å². The molecule has 1 unspecified atom stereocenters. The van der Waals surface area contributed by atoms with Gasteiger partial charge in [-0.2, -0.15) is 0 Å². The van der Waals surface area contributed by atoms with Gasteiger partial charge < -0.3 is 5.11 Å². The standard InChI is InChI=1S/C13H19NO2/c1-13(12(15)16,14(2)3)10-9-11-7-5-4-6-8-11/h4-8H,9-10H2,1-3H3,(H,15,16). The molecule has 1 atom stereocenters. The Labute approximate surface area is 96.7 Å². The number of likely N-dealkylation sites (N-methyl/N-ethyl adjacent to an activating group) is 1. The summed E-state index contributed by atoms with van der Waals surface area (Å²) in [6.07, 6.45) is 1.39. The number of carboxylic acid groups (broad SMARTS) is 1. The van der Waals surface area contributed by atoms with E-state index in [1.807, 2.05) is 30.3 Å². The van der Waals surface area contributed by atoms with Crippen LogP contribution in [0.1, 0.15) is 18.9 Å². The Morgan fingerprint density at radius 3 is 2.31 bits per heavy atom. The minimum Gasteiger partial charge on any atom is -0.480 e. The maximum atomic E-state index is 11.2. The third-order valence-electron chi connectivity index (χ3n) is 3.19. The Bertz CT molecular complexity index is 348. The highest BCUT2D eigenvalue weighted by molar-refractivity contribution is 5.78. The maximum absolute atomic E-state index is 11.2. The molecule has 1 aromatic rings. The number of carbonyl (C=O) groups is 1. The molecule has 0 aliphatic heterocycles. The fourth-order valence-electron chi connectivity index (χ4n) is 1.55. The first-order valence-electron chi connectivity index (χ1n) is 5.41. The highest BCUT2D eigenvalue weighted by atomic mass is 16.4. The zero-order valence-electron chi connectivity index (χ0n) is 10.1. The van der Waals surface area contributed by atoms with Crippen molar-refractivity contribution in [2.24, 2.45) is 0 Å². The van der Waals surface area contributed by atoms with Crippen LogP contribution in [0.15, 0.2) is 30.3 Å². The van der Waals surface area contributed by atoms with Crippen LogP contribution in [0.5, 0.6) is 0 Å². The van der Waals surface area contributed by atoms with Crippen molar-refractivity contribution in [3.05, 3.63) is 35.9 Å². The van der Waals surface area contributed by atoms with Crippen molar-refractivity contribution in [1.29, 1.82) is 0 Å². The van der Waals surface area contributed by atoms with Crippen LogP contribution in [0.25, 0.3) is 0 Å². The van der Waals surface area contributed by atoms with E-state index in [0.29, 0.717) is 6.42 Å². The Morgan fingerprint density at radius 1 is 1.31 bits per heavy atom. The molecule has 0 radical (unpaired) electrons. The van der Waals surface area contributed by atoms with E-state index in [0.717, 1.165) is 6.42 Å². The number of benzene rings is 1. The van der Waals surface area contributed by atoms with Gasteiger partial charge in [-0.05, 0) is 39.4 Å². The lowest BCUT2D eigenvalue weighted by Gasteiger charge is -2.32. The van der Waals surface area contributed by atoms with E-state index in [1.54, 1.807) is 25.9 Å². The molecule has 3 nitrogen and oxygen atoms in total. The van der Waals surface area contributed by atoms with Gasteiger partial charge >= 0.3 is 5.97 Å². The molecule has 0 saturated heterocycles.